The summed E-state index contributed by atoms with van der Waals surface area (Å²) >= 11 is 0. The molecule has 0 aromatic heterocycles. The van der Waals surface area contributed by atoms with Crippen molar-refractivity contribution in [2.75, 3.05) is 11.5 Å². The van der Waals surface area contributed by atoms with E-state index in [1.54, 1.807) is 0 Å². The highest BCUT2D eigenvalue weighted by molar-refractivity contribution is 7.92. The van der Waals surface area contributed by atoms with Crippen molar-refractivity contribution in [1.29, 1.82) is 4.78 Å². The van der Waals surface area contributed by atoms with E-state index < -0.39 is 58.2 Å². The largest absolute Gasteiger partial charge is 0.480 e. The Hall–Kier alpha value is -2.53. The van der Waals surface area contributed by atoms with Gasteiger partial charge in [-0.05, 0) is 29.5 Å². The molecule has 0 spiro atoms. The lowest BCUT2D eigenvalue weighted by Gasteiger charge is -2.22. The number of halogens is 5. The third-order valence-electron chi connectivity index (χ3n) is 5.02. The molecule has 2 unspecified atom stereocenters. The van der Waals surface area contributed by atoms with E-state index in [-0.39, 0.29) is 17.5 Å². The van der Waals surface area contributed by atoms with Crippen molar-refractivity contribution >= 4 is 15.7 Å². The van der Waals surface area contributed by atoms with Crippen molar-refractivity contribution in [3.05, 3.63) is 59.7 Å². The number of rotatable bonds is 10. The van der Waals surface area contributed by atoms with Crippen LogP contribution in [0.25, 0.3) is 11.1 Å². The van der Waals surface area contributed by atoms with Crippen LogP contribution in [0.5, 0.6) is 0 Å². The lowest BCUT2D eigenvalue weighted by molar-refractivity contribution is -0.150. The van der Waals surface area contributed by atoms with Crippen molar-refractivity contribution < 1.29 is 36.1 Å². The molecule has 0 saturated heterocycles. The van der Waals surface area contributed by atoms with E-state index in [0.717, 1.165) is 0 Å². The number of alkyl halides is 5. The Morgan fingerprint density at radius 2 is 1.38 bits per heavy atom. The number of carbonyl (C=O) groups is 1. The molecule has 0 heterocycles. The number of aliphatic carboxylic acids is 1. The summed E-state index contributed by atoms with van der Waals surface area (Å²) in [7, 11) is -3.44. The van der Waals surface area contributed by atoms with Gasteiger partial charge >= 0.3 is 12.1 Å². The summed E-state index contributed by atoms with van der Waals surface area (Å²) in [5, 5.41) is 8.73. The molecule has 32 heavy (non-hydrogen) atoms. The molecule has 2 rings (SSSR count). The third-order valence-corrected chi connectivity index (χ3v) is 6.81. The maximum Gasteiger partial charge on any atom is 0.395 e. The zero-order chi connectivity index (χ0) is 24.1. The molecule has 0 aliphatic carbocycles. The van der Waals surface area contributed by atoms with E-state index in [9.17, 15) is 31.0 Å². The van der Waals surface area contributed by atoms with Gasteiger partial charge in [0.15, 0.2) is 0 Å². The Labute approximate surface area is 182 Å². The predicted octanol–water partition coefficient (Wildman–Crippen LogP) is 5.18. The zero-order valence-corrected chi connectivity index (χ0v) is 17.6. The number of nitrogens with one attached hydrogen (secondary N) is 1. The molecule has 0 saturated carbocycles. The molecular weight excluding hydrogens is 455 g/mol. The van der Waals surface area contributed by atoms with Crippen LogP contribution < -0.4 is 5.73 Å². The second kappa shape index (κ2) is 10.4. The average Bonchev–Trinajstić information content (AvgIpc) is 2.71. The van der Waals surface area contributed by atoms with Gasteiger partial charge in [-0.1, -0.05) is 48.5 Å². The molecule has 176 valence electrons. The number of nitrogens with two attached hydrogens (primary N) is 1. The summed E-state index contributed by atoms with van der Waals surface area (Å²) in [6.45, 7) is 0. The lowest BCUT2D eigenvalue weighted by atomic mass is 9.93. The minimum Gasteiger partial charge on any atom is -0.480 e. The van der Waals surface area contributed by atoms with Gasteiger partial charge < -0.3 is 10.8 Å². The van der Waals surface area contributed by atoms with E-state index in [2.05, 4.69) is 0 Å². The first-order valence-electron chi connectivity index (χ1n) is 9.58. The fraction of sp³-hybridized carbons (Fsp3) is 0.381. The van der Waals surface area contributed by atoms with Crippen LogP contribution in [0.15, 0.2) is 48.5 Å². The number of hydrogen-bond donors (Lipinski definition) is 3. The van der Waals surface area contributed by atoms with Crippen LogP contribution >= 0.6 is 0 Å². The second-order valence-electron chi connectivity index (χ2n) is 7.38. The van der Waals surface area contributed by atoms with E-state index in [1.165, 1.54) is 48.5 Å². The van der Waals surface area contributed by atoms with Gasteiger partial charge in [0.2, 0.25) is 0 Å². The van der Waals surface area contributed by atoms with Crippen LogP contribution in [-0.2, 0) is 14.5 Å². The summed E-state index contributed by atoms with van der Waals surface area (Å²) < 4.78 is 86.2. The van der Waals surface area contributed by atoms with Crippen LogP contribution in [-0.4, -0.2) is 39.0 Å². The highest BCUT2D eigenvalue weighted by Crippen LogP contribution is 2.38. The first kappa shape index (κ1) is 25.7. The van der Waals surface area contributed by atoms with E-state index in [4.69, 9.17) is 15.6 Å². The fourth-order valence-corrected chi connectivity index (χ4v) is 4.55. The number of carboxylic acids is 1. The van der Waals surface area contributed by atoms with Crippen LogP contribution in [0.2, 0.25) is 0 Å². The normalized spacial score (nSPS) is 15.8. The lowest BCUT2D eigenvalue weighted by Crippen LogP contribution is -2.32. The topological polar surface area (TPSA) is 104 Å². The van der Waals surface area contributed by atoms with Crippen molar-refractivity contribution in [2.45, 2.75) is 37.4 Å². The van der Waals surface area contributed by atoms with Gasteiger partial charge in [-0.2, -0.15) is 13.2 Å². The SMILES string of the molecule is N=S(=O)(CCC(c1ccc(-c2ccc(C(F)F)cc2)cc1)C(F)(F)F)CC[C@H](N)C(=O)O. The van der Waals surface area contributed by atoms with Gasteiger partial charge in [0.05, 0.1) is 5.92 Å². The zero-order valence-electron chi connectivity index (χ0n) is 16.8. The number of hydrogen-bond acceptors (Lipinski definition) is 4. The molecule has 0 radical (unpaired) electrons. The van der Waals surface area contributed by atoms with Crippen LogP contribution in [0.1, 0.15) is 36.3 Å². The molecule has 0 fully saturated rings. The van der Waals surface area contributed by atoms with Crippen molar-refractivity contribution in [2.24, 2.45) is 5.73 Å². The molecule has 0 bridgehead atoms. The van der Waals surface area contributed by atoms with Crippen molar-refractivity contribution in [3.63, 3.8) is 0 Å². The Balaban J connectivity index is 2.13. The van der Waals surface area contributed by atoms with Gasteiger partial charge in [-0.15, -0.1) is 0 Å². The summed E-state index contributed by atoms with van der Waals surface area (Å²) in [5.41, 5.74) is 6.16. The molecule has 0 aliphatic rings. The van der Waals surface area contributed by atoms with E-state index >= 15 is 0 Å². The Bertz CT molecular complexity index is 1010. The van der Waals surface area contributed by atoms with Gasteiger partial charge in [0, 0.05) is 26.8 Å². The van der Waals surface area contributed by atoms with Gasteiger partial charge in [-0.3, -0.25) is 9.57 Å². The standard InChI is InChI=1S/C21H23F5N2O3S/c22-19(23)16-7-3-14(4-8-16)13-1-5-15(6-2-13)17(21(24,25)26)9-11-32(28,31)12-10-18(27)20(29)30/h1-8,17-19,28H,9-12,27H2,(H,29,30)/t17?,18-,32?/m0/s1. The number of benzene rings is 2. The molecular formula is C21H23F5N2O3S. The van der Waals surface area contributed by atoms with Crippen molar-refractivity contribution in [1.82, 2.24) is 0 Å². The highest BCUT2D eigenvalue weighted by atomic mass is 32.2. The minimum atomic E-state index is -4.65. The maximum atomic E-state index is 13.6. The molecule has 3 atom stereocenters. The Morgan fingerprint density at radius 3 is 1.78 bits per heavy atom. The molecule has 2 aromatic carbocycles. The van der Waals surface area contributed by atoms with Crippen molar-refractivity contribution in [3.8, 4) is 11.1 Å². The average molecular weight is 478 g/mol. The first-order valence-corrected chi connectivity index (χ1v) is 11.5. The van der Waals surface area contributed by atoms with Gasteiger partial charge in [0.1, 0.15) is 6.04 Å². The minimum absolute atomic E-state index is 0.0807. The van der Waals surface area contributed by atoms with Crippen LogP contribution in [0.3, 0.4) is 0 Å². The van der Waals surface area contributed by atoms with E-state index in [0.29, 0.717) is 11.1 Å². The quantitative estimate of drug-likeness (QED) is 0.410. The Kier molecular flexibility index (Phi) is 8.35. The molecule has 11 heteroatoms. The second-order valence-corrected chi connectivity index (χ2v) is 9.82. The van der Waals surface area contributed by atoms with E-state index in [1.807, 2.05) is 0 Å². The fourth-order valence-electron chi connectivity index (χ4n) is 3.10. The molecule has 0 amide bonds. The summed E-state index contributed by atoms with van der Waals surface area (Å²) in [6, 6.07) is 9.47. The Morgan fingerprint density at radius 1 is 0.938 bits per heavy atom. The molecule has 5 nitrogen and oxygen atoms in total. The van der Waals surface area contributed by atoms with Gasteiger partial charge in [-0.25, -0.2) is 13.0 Å². The third kappa shape index (κ3) is 7.27. The smallest absolute Gasteiger partial charge is 0.395 e. The first-order chi connectivity index (χ1) is 14.8. The molecule has 0 aliphatic heterocycles. The molecule has 4 N–H and O–H groups in total. The highest BCUT2D eigenvalue weighted by Gasteiger charge is 2.40. The summed E-state index contributed by atoms with van der Waals surface area (Å²) in [4.78, 5) is 10.7. The molecule has 2 aromatic rings. The summed E-state index contributed by atoms with van der Waals surface area (Å²) in [6.07, 6.45) is -8.14. The predicted molar refractivity (Wildman–Crippen MR) is 111 cm³/mol. The summed E-state index contributed by atoms with van der Waals surface area (Å²) in [5.74, 6) is -4.26. The van der Waals surface area contributed by atoms with Crippen LogP contribution in [0, 0.1) is 4.78 Å². The van der Waals surface area contributed by atoms with Gasteiger partial charge in [0.25, 0.3) is 6.43 Å². The monoisotopic (exact) mass is 478 g/mol. The number of carboxylic acid groups (broad SMARTS) is 1. The van der Waals surface area contributed by atoms with Crippen LogP contribution in [0.4, 0.5) is 22.0 Å². The maximum absolute atomic E-state index is 13.6.